The van der Waals surface area contributed by atoms with E-state index in [4.69, 9.17) is 0 Å². The Hall–Kier alpha value is -1.95. The number of aliphatic hydroxyl groups excluding tert-OH is 9. The smallest absolute Gasteiger partial charge is 0.336 e. The van der Waals surface area contributed by atoms with Crippen LogP contribution in [0.25, 0.3) is 0 Å². The first-order valence-electron chi connectivity index (χ1n) is 11.5. The molecule has 0 unspecified atom stereocenters. The van der Waals surface area contributed by atoms with Crippen molar-refractivity contribution in [2.45, 2.75) is 38.9 Å². The van der Waals surface area contributed by atoms with Crippen LogP contribution in [0, 0.1) is 16.2 Å². The van der Waals surface area contributed by atoms with Crippen molar-refractivity contribution in [3.05, 3.63) is 31.5 Å². The van der Waals surface area contributed by atoms with E-state index in [1.54, 1.807) is 0 Å². The van der Waals surface area contributed by atoms with E-state index in [2.05, 4.69) is 0 Å². The maximum absolute atomic E-state index is 13.1. The van der Waals surface area contributed by atoms with Gasteiger partial charge in [-0.25, -0.2) is 28.1 Å². The molecular weight excluding hydrogens is 486 g/mol. The lowest BCUT2D eigenvalue weighted by atomic mass is 9.87. The van der Waals surface area contributed by atoms with Crippen LogP contribution in [0.15, 0.2) is 14.4 Å². The molecule has 0 saturated carbocycles. The summed E-state index contributed by atoms with van der Waals surface area (Å²) in [4.78, 5) is 39.3. The Bertz CT molecular complexity index is 795. The predicted octanol–water partition coefficient (Wildman–Crippen LogP) is -5.77. The van der Waals surface area contributed by atoms with E-state index in [-0.39, 0.29) is 19.3 Å². The van der Waals surface area contributed by atoms with Crippen LogP contribution in [0.4, 0.5) is 0 Å². The van der Waals surface area contributed by atoms with E-state index >= 15 is 0 Å². The fourth-order valence-corrected chi connectivity index (χ4v) is 3.46. The second-order valence-electron chi connectivity index (χ2n) is 9.48. The summed E-state index contributed by atoms with van der Waals surface area (Å²) >= 11 is 0. The van der Waals surface area contributed by atoms with Gasteiger partial charge in [0.2, 0.25) is 0 Å². The molecule has 0 saturated heterocycles. The zero-order valence-corrected chi connectivity index (χ0v) is 20.2. The average Bonchev–Trinajstić information content (AvgIpc) is 2.91. The van der Waals surface area contributed by atoms with E-state index in [1.807, 2.05) is 0 Å². The number of aliphatic hydroxyl groups is 9. The number of hydrogen-bond donors (Lipinski definition) is 9. The van der Waals surface area contributed by atoms with Gasteiger partial charge < -0.3 is 46.0 Å². The molecule has 0 radical (unpaired) electrons. The molecule has 1 aromatic heterocycles. The first kappa shape index (κ1) is 32.1. The van der Waals surface area contributed by atoms with Crippen molar-refractivity contribution < 1.29 is 46.0 Å². The van der Waals surface area contributed by atoms with Crippen molar-refractivity contribution in [2.24, 2.45) is 16.2 Å². The Kier molecular flexibility index (Phi) is 12.6. The van der Waals surface area contributed by atoms with E-state index in [9.17, 15) is 60.3 Å². The normalized spacial score (nSPS) is 12.9. The topological polar surface area (TPSA) is 248 Å². The summed E-state index contributed by atoms with van der Waals surface area (Å²) in [7, 11) is 0. The van der Waals surface area contributed by atoms with Crippen molar-refractivity contribution in [2.75, 3.05) is 59.5 Å². The molecule has 210 valence electrons. The maximum atomic E-state index is 13.1. The molecule has 0 atom stereocenters. The lowest BCUT2D eigenvalue weighted by Crippen LogP contribution is -2.56. The number of aromatic nitrogens is 3. The van der Waals surface area contributed by atoms with Crippen LogP contribution in [-0.2, 0) is 19.6 Å². The summed E-state index contributed by atoms with van der Waals surface area (Å²) in [5.41, 5.74) is -7.45. The highest BCUT2D eigenvalue weighted by Crippen LogP contribution is 2.22. The lowest BCUT2D eigenvalue weighted by Gasteiger charge is -2.29. The van der Waals surface area contributed by atoms with Gasteiger partial charge >= 0.3 is 17.1 Å². The summed E-state index contributed by atoms with van der Waals surface area (Å²) < 4.78 is 1.98. The second-order valence-corrected chi connectivity index (χ2v) is 9.48. The molecule has 1 heterocycles. The van der Waals surface area contributed by atoms with Crippen LogP contribution in [0.1, 0.15) is 19.3 Å². The van der Waals surface area contributed by atoms with Crippen LogP contribution in [0.3, 0.4) is 0 Å². The SMILES string of the molecule is O=c1n(CCC(CO)(CO)CO)c(=O)n(CCC(CO)(CO)CO)c(=O)n1CCC(CO)(CO)CO. The van der Waals surface area contributed by atoms with Crippen molar-refractivity contribution in [3.8, 4) is 0 Å². The summed E-state index contributed by atoms with van der Waals surface area (Å²) in [5, 5.41) is 86.1. The summed E-state index contributed by atoms with van der Waals surface area (Å²) in [6.07, 6.45) is -0.650. The van der Waals surface area contributed by atoms with Gasteiger partial charge in [-0.2, -0.15) is 0 Å². The third kappa shape index (κ3) is 6.87. The Morgan fingerprint density at radius 1 is 0.389 bits per heavy atom. The van der Waals surface area contributed by atoms with Gasteiger partial charge in [0.1, 0.15) is 0 Å². The molecule has 36 heavy (non-hydrogen) atoms. The Labute approximate surface area is 206 Å². The van der Waals surface area contributed by atoms with Gasteiger partial charge in [0, 0.05) is 35.9 Å². The van der Waals surface area contributed by atoms with Crippen LogP contribution in [-0.4, -0.2) is 119 Å². The first-order chi connectivity index (χ1) is 17.1. The van der Waals surface area contributed by atoms with Crippen molar-refractivity contribution >= 4 is 0 Å². The molecular formula is C21H39N3O12. The van der Waals surface area contributed by atoms with Gasteiger partial charge in [-0.1, -0.05) is 0 Å². The van der Waals surface area contributed by atoms with Crippen LogP contribution >= 0.6 is 0 Å². The molecule has 15 nitrogen and oxygen atoms in total. The molecule has 0 spiro atoms. The summed E-state index contributed by atoms with van der Waals surface area (Å²) in [5.74, 6) is 0. The Morgan fingerprint density at radius 2 is 0.556 bits per heavy atom. The molecule has 1 aromatic rings. The Balaban J connectivity index is 3.61. The van der Waals surface area contributed by atoms with Gasteiger partial charge in [-0.15, -0.1) is 0 Å². The van der Waals surface area contributed by atoms with Gasteiger partial charge in [0.25, 0.3) is 0 Å². The highest BCUT2D eigenvalue weighted by atomic mass is 16.3. The van der Waals surface area contributed by atoms with Crippen LogP contribution in [0.5, 0.6) is 0 Å². The minimum absolute atomic E-state index is 0.217. The third-order valence-electron chi connectivity index (χ3n) is 7.00. The van der Waals surface area contributed by atoms with Gasteiger partial charge in [-0.3, -0.25) is 0 Å². The van der Waals surface area contributed by atoms with E-state index in [1.165, 1.54) is 0 Å². The molecule has 1 rings (SSSR count). The van der Waals surface area contributed by atoms with Crippen molar-refractivity contribution in [1.82, 2.24) is 13.7 Å². The summed E-state index contributed by atoms with van der Waals surface area (Å²) in [6.45, 7) is -7.09. The van der Waals surface area contributed by atoms with E-state index in [0.29, 0.717) is 13.7 Å². The molecule has 0 aliphatic carbocycles. The molecule has 0 amide bonds. The first-order valence-corrected chi connectivity index (χ1v) is 11.5. The van der Waals surface area contributed by atoms with Gasteiger partial charge in [0.15, 0.2) is 0 Å². The van der Waals surface area contributed by atoms with Gasteiger partial charge in [-0.05, 0) is 19.3 Å². The van der Waals surface area contributed by atoms with Crippen LogP contribution in [0.2, 0.25) is 0 Å². The molecule has 9 N–H and O–H groups in total. The minimum atomic E-state index is -1.42. The van der Waals surface area contributed by atoms with Gasteiger partial charge in [0.05, 0.1) is 59.5 Å². The van der Waals surface area contributed by atoms with Crippen LogP contribution < -0.4 is 17.1 Å². The maximum Gasteiger partial charge on any atom is 0.336 e. The monoisotopic (exact) mass is 525 g/mol. The van der Waals surface area contributed by atoms with Crippen molar-refractivity contribution in [1.29, 1.82) is 0 Å². The zero-order chi connectivity index (χ0) is 27.6. The minimum Gasteiger partial charge on any atom is -0.396 e. The highest BCUT2D eigenvalue weighted by molar-refractivity contribution is 4.86. The molecule has 15 heteroatoms. The molecule has 0 aliphatic rings. The fraction of sp³-hybridized carbons (Fsp3) is 0.857. The standard InChI is InChI=1S/C21H39N3O12/c25-7-19(8-26,9-27)1-4-22-16(34)23(5-2-20(10-28,11-29)12-30)18(36)24(17(22)35)6-3-21(13-31,14-32)15-33/h25-33H,1-15H2. The third-order valence-corrected chi connectivity index (χ3v) is 7.00. The van der Waals surface area contributed by atoms with E-state index in [0.717, 1.165) is 0 Å². The largest absolute Gasteiger partial charge is 0.396 e. The quantitative estimate of drug-likeness (QED) is 0.0869. The van der Waals surface area contributed by atoms with Crippen molar-refractivity contribution in [3.63, 3.8) is 0 Å². The highest BCUT2D eigenvalue weighted by Gasteiger charge is 2.32. The lowest BCUT2D eigenvalue weighted by molar-refractivity contribution is -0.00646. The number of nitrogens with zero attached hydrogens (tertiary/aromatic N) is 3. The molecule has 0 bridgehead atoms. The second kappa shape index (κ2) is 14.1. The Morgan fingerprint density at radius 3 is 0.694 bits per heavy atom. The number of hydrogen-bond acceptors (Lipinski definition) is 12. The zero-order valence-electron chi connectivity index (χ0n) is 20.2. The average molecular weight is 526 g/mol. The fourth-order valence-electron chi connectivity index (χ4n) is 3.46. The predicted molar refractivity (Wildman–Crippen MR) is 124 cm³/mol. The molecule has 0 aromatic carbocycles. The summed E-state index contributed by atoms with van der Waals surface area (Å²) in [6, 6.07) is 0. The number of rotatable bonds is 18. The molecule has 0 aliphatic heterocycles. The van der Waals surface area contributed by atoms with E-state index < -0.39 is 112 Å². The molecule has 0 fully saturated rings.